The second-order valence-electron chi connectivity index (χ2n) is 8.53. The third-order valence-corrected chi connectivity index (χ3v) is 7.03. The highest BCUT2D eigenvalue weighted by Crippen LogP contribution is 2.41. The van der Waals surface area contributed by atoms with Crippen LogP contribution in [0.2, 0.25) is 0 Å². The first-order valence-corrected chi connectivity index (χ1v) is 11.7. The molecule has 0 spiro atoms. The van der Waals surface area contributed by atoms with Crippen LogP contribution in [-0.4, -0.2) is 22.6 Å². The molecule has 1 amide bonds. The Labute approximate surface area is 199 Å². The number of ketones is 1. The van der Waals surface area contributed by atoms with Crippen LogP contribution in [0, 0.1) is 27.9 Å². The number of hydrogen-bond acceptors (Lipinski definition) is 6. The summed E-state index contributed by atoms with van der Waals surface area (Å²) in [6, 6.07) is 12.7. The van der Waals surface area contributed by atoms with Crippen molar-refractivity contribution in [2.45, 2.75) is 38.2 Å². The van der Waals surface area contributed by atoms with Crippen LogP contribution in [0.3, 0.4) is 0 Å². The van der Waals surface area contributed by atoms with Gasteiger partial charge in [-0.15, -0.1) is 0 Å². The van der Waals surface area contributed by atoms with Gasteiger partial charge in [0.1, 0.15) is 5.78 Å². The Morgan fingerprint density at radius 3 is 2.36 bits per heavy atom. The van der Waals surface area contributed by atoms with Gasteiger partial charge in [-0.2, -0.15) is 0 Å². The zero-order valence-corrected chi connectivity index (χ0v) is 19.3. The number of carbonyl (C=O) groups excluding carboxylic acids is 3. The van der Waals surface area contributed by atoms with Gasteiger partial charge in [0.25, 0.3) is 11.6 Å². The van der Waals surface area contributed by atoms with Crippen molar-refractivity contribution in [3.05, 3.63) is 68.7 Å². The maximum atomic E-state index is 13.2. The van der Waals surface area contributed by atoms with Crippen LogP contribution in [0.1, 0.15) is 43.8 Å². The number of carbonyl (C=O) groups is 3. The maximum absolute atomic E-state index is 13.2. The minimum Gasteiger partial charge on any atom is -0.447 e. The zero-order chi connectivity index (χ0) is 23.5. The zero-order valence-electron chi connectivity index (χ0n) is 17.7. The molecule has 2 aromatic carbocycles. The lowest BCUT2D eigenvalue weighted by Crippen LogP contribution is -2.40. The molecular weight excluding hydrogens is 492 g/mol. The van der Waals surface area contributed by atoms with Crippen molar-refractivity contribution in [2.75, 3.05) is 5.32 Å². The second-order valence-corrected chi connectivity index (χ2v) is 9.39. The van der Waals surface area contributed by atoms with Gasteiger partial charge in [-0.25, -0.2) is 0 Å². The fraction of sp³-hybridized carbons (Fsp3) is 0.375. The normalized spacial score (nSPS) is 22.8. The third-order valence-electron chi connectivity index (χ3n) is 6.38. The molecular formula is C24H23BrN2O6. The summed E-state index contributed by atoms with van der Waals surface area (Å²) in [5.41, 5.74) is 0.706. The number of Topliss-reactive ketones (excluding diaryl/α,β-unsaturated/α-hetero) is 1. The molecule has 0 radical (unpaired) electrons. The molecule has 4 rings (SSSR count). The largest absolute Gasteiger partial charge is 0.447 e. The Hall–Kier alpha value is -3.07. The van der Waals surface area contributed by atoms with Crippen molar-refractivity contribution in [3.63, 3.8) is 0 Å². The number of hydrogen-bond donors (Lipinski definition) is 1. The monoisotopic (exact) mass is 514 g/mol. The number of rotatable bonds is 6. The van der Waals surface area contributed by atoms with Crippen molar-refractivity contribution in [1.29, 1.82) is 0 Å². The van der Waals surface area contributed by atoms with Gasteiger partial charge in [-0.3, -0.25) is 24.5 Å². The number of nitrogens with zero attached hydrogens (tertiary/aromatic N) is 1. The van der Waals surface area contributed by atoms with E-state index in [1.54, 1.807) is 30.3 Å². The summed E-state index contributed by atoms with van der Waals surface area (Å²) in [7, 11) is 0. The number of nitrogens with one attached hydrogen (secondary N) is 1. The maximum Gasteiger partial charge on any atom is 0.310 e. The minimum absolute atomic E-state index is 0.102. The quantitative estimate of drug-likeness (QED) is 0.330. The SMILES string of the molecule is O=C(OC(C(=O)Nc1ccc([N+](=O)[O-])cc1Br)c1ccccc1)C1CC2CCCC(C1)C2=O. The van der Waals surface area contributed by atoms with Gasteiger partial charge in [0.05, 0.1) is 16.5 Å². The fourth-order valence-electron chi connectivity index (χ4n) is 4.70. The summed E-state index contributed by atoms with van der Waals surface area (Å²) < 4.78 is 6.06. The predicted molar refractivity (Wildman–Crippen MR) is 123 cm³/mol. The average Bonchev–Trinajstić information content (AvgIpc) is 2.78. The molecule has 0 heterocycles. The first kappa shape index (κ1) is 23.1. The van der Waals surface area contributed by atoms with E-state index in [9.17, 15) is 24.5 Å². The molecule has 9 heteroatoms. The molecule has 8 nitrogen and oxygen atoms in total. The predicted octanol–water partition coefficient (Wildman–Crippen LogP) is 4.98. The third kappa shape index (κ3) is 5.13. The van der Waals surface area contributed by atoms with Gasteiger partial charge >= 0.3 is 5.97 Å². The summed E-state index contributed by atoms with van der Waals surface area (Å²) in [6.07, 6.45) is 2.34. The van der Waals surface area contributed by atoms with E-state index < -0.39 is 28.8 Å². The van der Waals surface area contributed by atoms with E-state index in [2.05, 4.69) is 21.2 Å². The molecule has 0 saturated heterocycles. The van der Waals surface area contributed by atoms with E-state index in [1.807, 2.05) is 0 Å². The Balaban J connectivity index is 1.52. The second kappa shape index (κ2) is 9.82. The Bertz CT molecular complexity index is 1070. The van der Waals surface area contributed by atoms with Gasteiger partial charge in [0.2, 0.25) is 6.10 Å². The first-order chi connectivity index (χ1) is 15.8. The van der Waals surface area contributed by atoms with E-state index in [-0.39, 0.29) is 23.3 Å². The van der Waals surface area contributed by atoms with Gasteiger partial charge in [-0.1, -0.05) is 36.8 Å². The van der Waals surface area contributed by atoms with Gasteiger partial charge in [0, 0.05) is 34.0 Å². The summed E-state index contributed by atoms with van der Waals surface area (Å²) in [5, 5.41) is 13.7. The van der Waals surface area contributed by atoms with Crippen molar-refractivity contribution in [3.8, 4) is 0 Å². The summed E-state index contributed by atoms with van der Waals surface area (Å²) in [4.78, 5) is 49.0. The highest BCUT2D eigenvalue weighted by Gasteiger charge is 2.42. The number of benzene rings is 2. The van der Waals surface area contributed by atoms with Crippen molar-refractivity contribution >= 4 is 45.0 Å². The van der Waals surface area contributed by atoms with Crippen LogP contribution < -0.4 is 5.32 Å². The van der Waals surface area contributed by atoms with Crippen molar-refractivity contribution < 1.29 is 24.0 Å². The molecule has 172 valence electrons. The number of anilines is 1. The Kier molecular flexibility index (Phi) is 6.88. The first-order valence-electron chi connectivity index (χ1n) is 10.9. The highest BCUT2D eigenvalue weighted by molar-refractivity contribution is 9.10. The Morgan fingerprint density at radius 1 is 1.09 bits per heavy atom. The molecule has 3 atom stereocenters. The molecule has 0 aliphatic heterocycles. The van der Waals surface area contributed by atoms with Crippen LogP contribution in [0.4, 0.5) is 11.4 Å². The number of nitro benzene ring substituents is 1. The molecule has 1 N–H and O–H groups in total. The number of non-ortho nitro benzene ring substituents is 1. The van der Waals surface area contributed by atoms with Crippen molar-refractivity contribution in [1.82, 2.24) is 0 Å². The lowest BCUT2D eigenvalue weighted by molar-refractivity contribution is -0.384. The average molecular weight is 515 g/mol. The van der Waals surface area contributed by atoms with Crippen LogP contribution in [0.25, 0.3) is 0 Å². The van der Waals surface area contributed by atoms with E-state index in [0.717, 1.165) is 19.3 Å². The molecule has 2 aromatic rings. The molecule has 33 heavy (non-hydrogen) atoms. The molecule has 3 unspecified atom stereocenters. The smallest absolute Gasteiger partial charge is 0.310 e. The van der Waals surface area contributed by atoms with E-state index in [0.29, 0.717) is 28.6 Å². The number of ether oxygens (including phenoxy) is 1. The summed E-state index contributed by atoms with van der Waals surface area (Å²) in [6.45, 7) is 0. The van der Waals surface area contributed by atoms with Gasteiger partial charge < -0.3 is 10.1 Å². The summed E-state index contributed by atoms with van der Waals surface area (Å²) >= 11 is 3.24. The topological polar surface area (TPSA) is 116 Å². The minimum atomic E-state index is -1.20. The number of esters is 1. The van der Waals surface area contributed by atoms with Crippen LogP contribution >= 0.6 is 15.9 Å². The lowest BCUT2D eigenvalue weighted by Gasteiger charge is -2.36. The molecule has 2 aliphatic rings. The number of fused-ring (bicyclic) bond motifs is 2. The molecule has 2 saturated carbocycles. The van der Waals surface area contributed by atoms with E-state index in [1.165, 1.54) is 18.2 Å². The molecule has 2 aliphatic carbocycles. The van der Waals surface area contributed by atoms with Crippen LogP contribution in [0.5, 0.6) is 0 Å². The van der Waals surface area contributed by atoms with Gasteiger partial charge in [-0.05, 0) is 47.7 Å². The molecule has 0 aromatic heterocycles. The van der Waals surface area contributed by atoms with Gasteiger partial charge in [0.15, 0.2) is 0 Å². The molecule has 2 fully saturated rings. The lowest BCUT2D eigenvalue weighted by atomic mass is 9.67. The van der Waals surface area contributed by atoms with E-state index in [4.69, 9.17) is 4.74 Å². The summed E-state index contributed by atoms with van der Waals surface area (Å²) in [5.74, 6) is -1.42. The van der Waals surface area contributed by atoms with Crippen LogP contribution in [-0.2, 0) is 19.1 Å². The fourth-order valence-corrected chi connectivity index (χ4v) is 5.17. The van der Waals surface area contributed by atoms with Crippen LogP contribution in [0.15, 0.2) is 53.0 Å². The highest BCUT2D eigenvalue weighted by atomic mass is 79.9. The Morgan fingerprint density at radius 2 is 1.76 bits per heavy atom. The molecule has 2 bridgehead atoms. The van der Waals surface area contributed by atoms with E-state index >= 15 is 0 Å². The number of nitro groups is 1. The number of halogens is 1. The number of amides is 1. The van der Waals surface area contributed by atoms with Crippen molar-refractivity contribution in [2.24, 2.45) is 17.8 Å². The standard InChI is InChI=1S/C24H23BrN2O6/c25-19-13-18(27(31)32)9-10-20(19)26-23(29)22(14-5-2-1-3-6-14)33-24(30)17-11-15-7-4-8-16(12-17)21(15)28/h1-3,5-6,9-10,13,15-17,22H,4,7-8,11-12H2,(H,26,29).